The van der Waals surface area contributed by atoms with Crippen molar-refractivity contribution in [3.63, 3.8) is 0 Å². The van der Waals surface area contributed by atoms with E-state index in [0.29, 0.717) is 0 Å². The Balaban J connectivity index is 1.54. The molecule has 1 N–H and O–H groups in total. The summed E-state index contributed by atoms with van der Waals surface area (Å²) in [7, 11) is 3.42. The third-order valence-electron chi connectivity index (χ3n) is 4.02. The number of hydrogen-bond donors (Lipinski definition) is 1. The topological polar surface area (TPSA) is 57.7 Å². The van der Waals surface area contributed by atoms with Gasteiger partial charge in [-0.25, -0.2) is 9.78 Å². The lowest BCUT2D eigenvalue weighted by Gasteiger charge is -2.44. The molecule has 2 aromatic rings. The standard InChI is InChI=1S/C17H20N4O2/c1-20(14-11-21(12-14)16-8-3-4-9-18-16)17(22)19-13-6-5-7-15(10-13)23-2/h3-10,14H,11-12H2,1-2H3,(H,19,22). The summed E-state index contributed by atoms with van der Waals surface area (Å²) < 4.78 is 5.16. The molecule has 0 saturated carbocycles. The first-order valence-electron chi connectivity index (χ1n) is 7.51. The van der Waals surface area contributed by atoms with Gasteiger partial charge in [0.15, 0.2) is 0 Å². The minimum atomic E-state index is -0.121. The van der Waals surface area contributed by atoms with Crippen LogP contribution < -0.4 is 15.0 Å². The number of ether oxygens (including phenoxy) is 1. The van der Waals surface area contributed by atoms with Gasteiger partial charge in [-0.2, -0.15) is 0 Å². The smallest absolute Gasteiger partial charge is 0.321 e. The second-order valence-electron chi connectivity index (χ2n) is 5.52. The number of anilines is 2. The Morgan fingerprint density at radius 1 is 1.30 bits per heavy atom. The summed E-state index contributed by atoms with van der Waals surface area (Å²) in [5.74, 6) is 1.67. The number of pyridine rings is 1. The highest BCUT2D eigenvalue weighted by Crippen LogP contribution is 2.22. The lowest BCUT2D eigenvalue weighted by Crippen LogP contribution is -2.60. The lowest BCUT2D eigenvalue weighted by atomic mass is 10.1. The summed E-state index contributed by atoms with van der Waals surface area (Å²) in [6.45, 7) is 1.58. The maximum atomic E-state index is 12.3. The van der Waals surface area contributed by atoms with Gasteiger partial charge in [-0.05, 0) is 24.3 Å². The molecular formula is C17H20N4O2. The predicted molar refractivity (Wildman–Crippen MR) is 90.0 cm³/mol. The average molecular weight is 312 g/mol. The zero-order chi connectivity index (χ0) is 16.2. The number of likely N-dealkylation sites (N-methyl/N-ethyl adjacent to an activating group) is 1. The molecular weight excluding hydrogens is 292 g/mol. The average Bonchev–Trinajstić information content (AvgIpc) is 2.54. The molecule has 3 rings (SSSR count). The fourth-order valence-electron chi connectivity index (χ4n) is 2.51. The Bertz CT molecular complexity index is 671. The molecule has 6 heteroatoms. The minimum absolute atomic E-state index is 0.121. The maximum Gasteiger partial charge on any atom is 0.321 e. The number of hydrogen-bond acceptors (Lipinski definition) is 4. The Morgan fingerprint density at radius 2 is 2.13 bits per heavy atom. The first-order valence-corrected chi connectivity index (χ1v) is 7.51. The van der Waals surface area contributed by atoms with Gasteiger partial charge in [-0.1, -0.05) is 12.1 Å². The van der Waals surface area contributed by atoms with E-state index >= 15 is 0 Å². The largest absolute Gasteiger partial charge is 0.497 e. The number of aromatic nitrogens is 1. The molecule has 120 valence electrons. The van der Waals surface area contributed by atoms with Crippen LogP contribution in [0.5, 0.6) is 5.75 Å². The number of amides is 2. The maximum absolute atomic E-state index is 12.3. The number of urea groups is 1. The highest BCUT2D eigenvalue weighted by molar-refractivity contribution is 5.89. The number of methoxy groups -OCH3 is 1. The molecule has 0 bridgehead atoms. The molecule has 1 aliphatic heterocycles. The summed E-state index contributed by atoms with van der Waals surface area (Å²) >= 11 is 0. The van der Waals surface area contributed by atoms with Crippen LogP contribution in [-0.2, 0) is 0 Å². The first-order chi connectivity index (χ1) is 11.2. The molecule has 1 aromatic heterocycles. The highest BCUT2D eigenvalue weighted by Gasteiger charge is 2.33. The van der Waals surface area contributed by atoms with Crippen molar-refractivity contribution in [1.82, 2.24) is 9.88 Å². The Kier molecular flexibility index (Phi) is 4.32. The van der Waals surface area contributed by atoms with Crippen LogP contribution in [0.25, 0.3) is 0 Å². The summed E-state index contributed by atoms with van der Waals surface area (Å²) in [5, 5.41) is 2.89. The van der Waals surface area contributed by atoms with E-state index < -0.39 is 0 Å². The van der Waals surface area contributed by atoms with E-state index in [1.165, 1.54) is 0 Å². The minimum Gasteiger partial charge on any atom is -0.497 e. The number of benzene rings is 1. The van der Waals surface area contributed by atoms with Gasteiger partial charge in [0.05, 0.1) is 13.2 Å². The van der Waals surface area contributed by atoms with Crippen LogP contribution in [0.2, 0.25) is 0 Å². The number of rotatable bonds is 4. The Labute approximate surface area is 135 Å². The van der Waals surface area contributed by atoms with Gasteiger partial charge in [0.2, 0.25) is 0 Å². The monoisotopic (exact) mass is 312 g/mol. The quantitative estimate of drug-likeness (QED) is 0.942. The van der Waals surface area contributed by atoms with Gasteiger partial charge in [0, 0.05) is 38.1 Å². The van der Waals surface area contributed by atoms with Crippen LogP contribution >= 0.6 is 0 Å². The van der Waals surface area contributed by atoms with E-state index in [0.717, 1.165) is 30.3 Å². The second kappa shape index (κ2) is 6.56. The third-order valence-corrected chi connectivity index (χ3v) is 4.02. The molecule has 1 fully saturated rings. The van der Waals surface area contributed by atoms with Crippen LogP contribution in [0.3, 0.4) is 0 Å². The zero-order valence-corrected chi connectivity index (χ0v) is 13.3. The predicted octanol–water partition coefficient (Wildman–Crippen LogP) is 2.44. The molecule has 0 spiro atoms. The van der Waals surface area contributed by atoms with E-state index in [1.54, 1.807) is 24.3 Å². The first kappa shape index (κ1) is 15.1. The molecule has 1 aromatic carbocycles. The van der Waals surface area contributed by atoms with E-state index in [9.17, 15) is 4.79 Å². The second-order valence-corrected chi connectivity index (χ2v) is 5.52. The third kappa shape index (κ3) is 3.36. The molecule has 23 heavy (non-hydrogen) atoms. The number of carbonyl (C=O) groups excluding carboxylic acids is 1. The van der Waals surface area contributed by atoms with Gasteiger partial charge in [-0.3, -0.25) is 0 Å². The molecule has 2 amide bonds. The fraction of sp³-hybridized carbons (Fsp3) is 0.294. The van der Waals surface area contributed by atoms with Gasteiger partial charge in [0.1, 0.15) is 11.6 Å². The molecule has 1 saturated heterocycles. The van der Waals surface area contributed by atoms with Crippen molar-refractivity contribution in [3.05, 3.63) is 48.7 Å². The summed E-state index contributed by atoms with van der Waals surface area (Å²) in [5.41, 5.74) is 0.724. The summed E-state index contributed by atoms with van der Waals surface area (Å²) in [4.78, 5) is 20.5. The van der Waals surface area contributed by atoms with E-state index in [2.05, 4.69) is 15.2 Å². The zero-order valence-electron chi connectivity index (χ0n) is 13.3. The van der Waals surface area contributed by atoms with Crippen LogP contribution in [0.4, 0.5) is 16.3 Å². The molecule has 0 aliphatic carbocycles. The van der Waals surface area contributed by atoms with Gasteiger partial charge in [0.25, 0.3) is 0 Å². The molecule has 2 heterocycles. The van der Waals surface area contributed by atoms with Crippen LogP contribution in [0, 0.1) is 0 Å². The molecule has 6 nitrogen and oxygen atoms in total. The van der Waals surface area contributed by atoms with Crippen LogP contribution in [-0.4, -0.2) is 49.2 Å². The van der Waals surface area contributed by atoms with Crippen molar-refractivity contribution in [2.24, 2.45) is 0 Å². The van der Waals surface area contributed by atoms with Gasteiger partial charge in [-0.15, -0.1) is 0 Å². The van der Waals surface area contributed by atoms with Gasteiger partial charge < -0.3 is 19.9 Å². The lowest BCUT2D eigenvalue weighted by molar-refractivity contribution is 0.191. The number of nitrogens with one attached hydrogen (secondary N) is 1. The van der Waals surface area contributed by atoms with Crippen molar-refractivity contribution in [2.75, 3.05) is 37.5 Å². The van der Waals surface area contributed by atoms with Crippen LogP contribution in [0.1, 0.15) is 0 Å². The fourth-order valence-corrected chi connectivity index (χ4v) is 2.51. The van der Waals surface area contributed by atoms with Crippen molar-refractivity contribution in [2.45, 2.75) is 6.04 Å². The molecule has 0 unspecified atom stereocenters. The normalized spacial score (nSPS) is 14.1. The molecule has 0 radical (unpaired) electrons. The van der Waals surface area contributed by atoms with Crippen LogP contribution in [0.15, 0.2) is 48.7 Å². The van der Waals surface area contributed by atoms with Crippen molar-refractivity contribution < 1.29 is 9.53 Å². The van der Waals surface area contributed by atoms with Crippen molar-refractivity contribution in [3.8, 4) is 5.75 Å². The summed E-state index contributed by atoms with van der Waals surface area (Å²) in [6, 6.07) is 13.2. The van der Waals surface area contributed by atoms with E-state index in [4.69, 9.17) is 4.74 Å². The summed E-state index contributed by atoms with van der Waals surface area (Å²) in [6.07, 6.45) is 1.78. The SMILES string of the molecule is COc1cccc(NC(=O)N(C)C2CN(c3ccccn3)C2)c1. The van der Waals surface area contributed by atoms with E-state index in [1.807, 2.05) is 43.4 Å². The van der Waals surface area contributed by atoms with E-state index in [-0.39, 0.29) is 12.1 Å². The Morgan fingerprint density at radius 3 is 2.83 bits per heavy atom. The molecule has 1 aliphatic rings. The number of carbonyl (C=O) groups is 1. The Hall–Kier alpha value is -2.76. The van der Waals surface area contributed by atoms with Crippen molar-refractivity contribution >= 4 is 17.5 Å². The highest BCUT2D eigenvalue weighted by atomic mass is 16.5. The van der Waals surface area contributed by atoms with Gasteiger partial charge >= 0.3 is 6.03 Å². The van der Waals surface area contributed by atoms with Crippen molar-refractivity contribution in [1.29, 1.82) is 0 Å². The molecule has 0 atom stereocenters. The number of nitrogens with zero attached hydrogens (tertiary/aromatic N) is 3.